The van der Waals surface area contributed by atoms with E-state index in [1.165, 1.54) is 5.56 Å². The lowest BCUT2D eigenvalue weighted by Crippen LogP contribution is -2.32. The number of benzene rings is 1. The van der Waals surface area contributed by atoms with Gasteiger partial charge in [-0.2, -0.15) is 4.98 Å². The van der Waals surface area contributed by atoms with E-state index in [1.807, 2.05) is 23.1 Å². The summed E-state index contributed by atoms with van der Waals surface area (Å²) in [6.07, 6.45) is 5.22. The third kappa shape index (κ3) is 2.43. The zero-order valence-electron chi connectivity index (χ0n) is 13.6. The Morgan fingerprint density at radius 2 is 2.00 bits per heavy atom. The molecule has 1 aromatic heterocycles. The van der Waals surface area contributed by atoms with Gasteiger partial charge in [-0.3, -0.25) is 4.79 Å². The summed E-state index contributed by atoms with van der Waals surface area (Å²) in [4.78, 5) is 19.5. The Hall–Kier alpha value is -2.17. The fourth-order valence-electron chi connectivity index (χ4n) is 3.93. The molecule has 2 aromatic rings. The van der Waals surface area contributed by atoms with Crippen molar-refractivity contribution in [2.24, 2.45) is 5.92 Å². The van der Waals surface area contributed by atoms with Crippen molar-refractivity contribution >= 4 is 5.91 Å². The topological polar surface area (TPSA) is 59.2 Å². The van der Waals surface area contributed by atoms with E-state index < -0.39 is 0 Å². The smallest absolute Gasteiger partial charge is 0.229 e. The second-order valence-electron chi connectivity index (χ2n) is 7.31. The number of nitrogens with zero attached hydrogens (tertiary/aromatic N) is 3. The lowest BCUT2D eigenvalue weighted by atomic mass is 10.1. The molecule has 0 radical (unpaired) electrons. The minimum absolute atomic E-state index is 0.00535. The highest BCUT2D eigenvalue weighted by molar-refractivity contribution is 5.83. The van der Waals surface area contributed by atoms with E-state index in [9.17, 15) is 4.79 Å². The van der Waals surface area contributed by atoms with Crippen molar-refractivity contribution in [1.82, 2.24) is 15.0 Å². The lowest BCUT2D eigenvalue weighted by Gasteiger charge is -2.22. The highest BCUT2D eigenvalue weighted by atomic mass is 16.5. The summed E-state index contributed by atoms with van der Waals surface area (Å²) in [6, 6.07) is 10.4. The van der Waals surface area contributed by atoms with Gasteiger partial charge in [0.25, 0.3) is 0 Å². The van der Waals surface area contributed by atoms with E-state index in [2.05, 4.69) is 22.3 Å². The van der Waals surface area contributed by atoms with Crippen LogP contribution in [0.5, 0.6) is 0 Å². The van der Waals surface area contributed by atoms with Crippen LogP contribution in [-0.2, 0) is 4.79 Å². The van der Waals surface area contributed by atoms with Crippen LogP contribution in [0.25, 0.3) is 0 Å². The van der Waals surface area contributed by atoms with Gasteiger partial charge in [0, 0.05) is 18.4 Å². The predicted molar refractivity (Wildman–Crippen MR) is 87.3 cm³/mol. The third-order valence-corrected chi connectivity index (χ3v) is 5.55. The highest BCUT2D eigenvalue weighted by Crippen LogP contribution is 2.50. The molecule has 0 bridgehead atoms. The molecule has 3 fully saturated rings. The van der Waals surface area contributed by atoms with Crippen molar-refractivity contribution in [3.8, 4) is 0 Å². The van der Waals surface area contributed by atoms with Gasteiger partial charge >= 0.3 is 0 Å². The normalized spacial score (nSPS) is 29.0. The second kappa shape index (κ2) is 5.43. The number of hydrogen-bond acceptors (Lipinski definition) is 4. The molecule has 0 unspecified atom stereocenters. The zero-order chi connectivity index (χ0) is 16.1. The van der Waals surface area contributed by atoms with Crippen molar-refractivity contribution in [2.45, 2.75) is 50.0 Å². The van der Waals surface area contributed by atoms with Gasteiger partial charge in [0.05, 0.1) is 6.04 Å². The Balaban J connectivity index is 1.31. The summed E-state index contributed by atoms with van der Waals surface area (Å²) >= 11 is 0. The number of amides is 1. The molecule has 5 heteroatoms. The number of rotatable bonds is 4. The maximum Gasteiger partial charge on any atom is 0.229 e. The van der Waals surface area contributed by atoms with E-state index in [4.69, 9.17) is 4.52 Å². The monoisotopic (exact) mass is 323 g/mol. The first-order chi connectivity index (χ1) is 11.8. The van der Waals surface area contributed by atoms with Crippen LogP contribution in [0.2, 0.25) is 0 Å². The van der Waals surface area contributed by atoms with E-state index in [0.29, 0.717) is 17.7 Å². The fourth-order valence-corrected chi connectivity index (χ4v) is 3.93. The summed E-state index contributed by atoms with van der Waals surface area (Å²) < 4.78 is 5.40. The van der Waals surface area contributed by atoms with Gasteiger partial charge in [-0.15, -0.1) is 0 Å². The molecular formula is C19H21N3O2. The number of hydrogen-bond donors (Lipinski definition) is 0. The molecular weight excluding hydrogens is 302 g/mol. The van der Waals surface area contributed by atoms with Crippen LogP contribution in [0.4, 0.5) is 0 Å². The van der Waals surface area contributed by atoms with E-state index in [0.717, 1.165) is 44.5 Å². The summed E-state index contributed by atoms with van der Waals surface area (Å²) in [7, 11) is 0. The van der Waals surface area contributed by atoms with Gasteiger partial charge in [0.15, 0.2) is 5.82 Å². The van der Waals surface area contributed by atoms with Crippen LogP contribution in [0.1, 0.15) is 67.3 Å². The Labute approximate surface area is 141 Å². The Morgan fingerprint density at radius 1 is 1.17 bits per heavy atom. The van der Waals surface area contributed by atoms with Crippen molar-refractivity contribution in [3.05, 3.63) is 47.6 Å². The molecule has 2 aliphatic carbocycles. The maximum atomic E-state index is 13.0. The van der Waals surface area contributed by atoms with Crippen molar-refractivity contribution in [3.63, 3.8) is 0 Å². The van der Waals surface area contributed by atoms with E-state index in [1.54, 1.807) is 0 Å². The molecule has 5 nitrogen and oxygen atoms in total. The highest BCUT2D eigenvalue weighted by Gasteiger charge is 2.48. The van der Waals surface area contributed by atoms with Crippen molar-refractivity contribution < 1.29 is 9.32 Å². The van der Waals surface area contributed by atoms with Crippen LogP contribution in [0.3, 0.4) is 0 Å². The first kappa shape index (κ1) is 14.2. The molecule has 1 aliphatic heterocycles. The molecule has 124 valence electrons. The molecule has 1 amide bonds. The number of likely N-dealkylation sites (tertiary alicyclic amines) is 1. The van der Waals surface area contributed by atoms with Crippen LogP contribution in [-0.4, -0.2) is 27.5 Å². The Kier molecular flexibility index (Phi) is 3.21. The standard InChI is InChI=1S/C19H21N3O2/c23-19(15-11-14(15)12-5-2-1-3-6-12)22-10-4-7-16(22)17-20-18(24-21-17)13-8-9-13/h1-3,5-6,13-16H,4,7-11H2/t14-,15-,16+/m1/s1. The molecule has 1 saturated heterocycles. The number of carbonyl (C=O) groups excluding carboxylic acids is 1. The summed E-state index contributed by atoms with van der Waals surface area (Å²) in [6.45, 7) is 0.814. The predicted octanol–water partition coefficient (Wildman–Crippen LogP) is 3.41. The first-order valence-electron chi connectivity index (χ1n) is 9.00. The quantitative estimate of drug-likeness (QED) is 0.865. The minimum atomic E-state index is 0.00535. The molecule has 3 atom stereocenters. The van der Waals surface area contributed by atoms with Crippen molar-refractivity contribution in [1.29, 1.82) is 0 Å². The van der Waals surface area contributed by atoms with Gasteiger partial charge in [-0.25, -0.2) is 0 Å². The summed E-state index contributed by atoms with van der Waals surface area (Å²) in [5, 5.41) is 4.17. The van der Waals surface area contributed by atoms with Crippen LogP contribution < -0.4 is 0 Å². The third-order valence-electron chi connectivity index (χ3n) is 5.55. The number of aromatic nitrogens is 2. The number of carbonyl (C=O) groups is 1. The van der Waals surface area contributed by atoms with E-state index in [-0.39, 0.29) is 17.9 Å². The Bertz CT molecular complexity index is 753. The molecule has 0 spiro atoms. The Morgan fingerprint density at radius 3 is 2.79 bits per heavy atom. The van der Waals surface area contributed by atoms with Crippen LogP contribution in [0.15, 0.2) is 34.9 Å². The molecule has 5 rings (SSSR count). The molecule has 1 aromatic carbocycles. The fraction of sp³-hybridized carbons (Fsp3) is 0.526. The SMILES string of the molecule is O=C([C@@H]1C[C@@H]1c1ccccc1)N1CCC[C@H]1c1noc(C2CC2)n1. The van der Waals surface area contributed by atoms with E-state index >= 15 is 0 Å². The van der Waals surface area contributed by atoms with Gasteiger partial charge in [0.1, 0.15) is 0 Å². The average molecular weight is 323 g/mol. The van der Waals surface area contributed by atoms with Crippen LogP contribution >= 0.6 is 0 Å². The van der Waals surface area contributed by atoms with Gasteiger partial charge < -0.3 is 9.42 Å². The molecule has 2 saturated carbocycles. The average Bonchev–Trinajstić information content (AvgIpc) is 3.52. The van der Waals surface area contributed by atoms with Gasteiger partial charge in [-0.1, -0.05) is 35.5 Å². The maximum absolute atomic E-state index is 13.0. The van der Waals surface area contributed by atoms with Gasteiger partial charge in [0.2, 0.25) is 11.8 Å². The lowest BCUT2D eigenvalue weighted by molar-refractivity contribution is -0.133. The minimum Gasteiger partial charge on any atom is -0.339 e. The second-order valence-corrected chi connectivity index (χ2v) is 7.31. The molecule has 0 N–H and O–H groups in total. The molecule has 24 heavy (non-hydrogen) atoms. The summed E-state index contributed by atoms with van der Waals surface area (Å²) in [5.41, 5.74) is 1.28. The molecule has 2 heterocycles. The largest absolute Gasteiger partial charge is 0.339 e. The van der Waals surface area contributed by atoms with Crippen molar-refractivity contribution in [2.75, 3.05) is 6.54 Å². The zero-order valence-corrected chi connectivity index (χ0v) is 13.6. The van der Waals surface area contributed by atoms with Crippen LogP contribution in [0, 0.1) is 5.92 Å². The summed E-state index contributed by atoms with van der Waals surface area (Å²) in [5.74, 6) is 2.71. The molecule has 3 aliphatic rings. The van der Waals surface area contributed by atoms with Gasteiger partial charge in [-0.05, 0) is 43.6 Å². The first-order valence-corrected chi connectivity index (χ1v) is 9.00.